The molecule has 85 heavy (non-hydrogen) atoms. The Bertz CT molecular complexity index is 2200. The van der Waals surface area contributed by atoms with Crippen LogP contribution in [0.5, 0.6) is 0 Å². The topological polar surface area (TPSA) is 568 Å². The second kappa shape index (κ2) is 37.5. The molecule has 500 valence electrons. The molecule has 0 aromatic rings. The minimum Gasteiger partial charge on any atom is -0.394 e. The fourth-order valence-corrected chi connectivity index (χ4v) is 11.6. The summed E-state index contributed by atoms with van der Waals surface area (Å²) in [5.74, 6) is -2.11. The predicted octanol–water partition coefficient (Wildman–Crippen LogP) is -5.14. The highest BCUT2D eigenvalue weighted by atomic mass is 31.2. The third-order valence-corrected chi connectivity index (χ3v) is 16.7. The summed E-state index contributed by atoms with van der Waals surface area (Å²) in [6.07, 6.45) is -25.2. The number of aliphatic hydroxyl groups is 10. The van der Waals surface area contributed by atoms with E-state index in [0.29, 0.717) is 12.8 Å². The van der Waals surface area contributed by atoms with Gasteiger partial charge in [-0.05, 0) is 32.1 Å². The number of phosphoric ester groups is 4. The SMILES string of the molecule is COP(=O)(O)OCCCCCCOP(=O)(O)OC(CCOC1OC(CO)C(O)C(O)C1NC(C)=O)COP(=O)(O)OC(CCOC1OC(CO)C(O)C(O)C1NC(C)=O)COP(=O)(O)OC(CO)CCOC1OC(CO)C(O)C(O)C1NC(C)=O. The van der Waals surface area contributed by atoms with Crippen LogP contribution >= 0.6 is 31.3 Å². The molecule has 0 radical (unpaired) electrons. The Balaban J connectivity index is 1.83. The van der Waals surface area contributed by atoms with E-state index in [-0.39, 0.29) is 19.4 Å². The molecule has 42 heteroatoms. The van der Waals surface area contributed by atoms with Gasteiger partial charge in [-0.15, -0.1) is 0 Å². The molecule has 0 aromatic heterocycles. The number of hydrogen-bond donors (Lipinski definition) is 17. The highest BCUT2D eigenvalue weighted by Gasteiger charge is 2.48. The Morgan fingerprint density at radius 2 is 0.729 bits per heavy atom. The summed E-state index contributed by atoms with van der Waals surface area (Å²) in [4.78, 5) is 77.9. The summed E-state index contributed by atoms with van der Waals surface area (Å²) in [6.45, 7) is -4.94. The van der Waals surface area contributed by atoms with Crippen molar-refractivity contribution in [2.24, 2.45) is 0 Å². The zero-order valence-electron chi connectivity index (χ0n) is 46.7. The largest absolute Gasteiger partial charge is 0.472 e. The average molecular weight is 1330 g/mol. The normalized spacial score (nSPS) is 32.1. The van der Waals surface area contributed by atoms with Gasteiger partial charge in [-0.2, -0.15) is 0 Å². The lowest BCUT2D eigenvalue weighted by molar-refractivity contribution is -0.271. The van der Waals surface area contributed by atoms with Crippen molar-refractivity contribution in [2.45, 2.75) is 176 Å². The molecule has 3 rings (SSSR count). The Labute approximate surface area is 487 Å². The van der Waals surface area contributed by atoms with Gasteiger partial charge in [0, 0.05) is 27.9 Å². The van der Waals surface area contributed by atoms with Crippen LogP contribution in [0, 0.1) is 0 Å². The Morgan fingerprint density at radius 1 is 0.435 bits per heavy atom. The second-order valence-electron chi connectivity index (χ2n) is 19.4. The second-order valence-corrected chi connectivity index (χ2v) is 25.2. The third-order valence-electron chi connectivity index (χ3n) is 12.6. The van der Waals surface area contributed by atoms with Crippen molar-refractivity contribution >= 4 is 49.0 Å². The van der Waals surface area contributed by atoms with Gasteiger partial charge in [0.05, 0.1) is 91.0 Å². The maximum absolute atomic E-state index is 13.8. The van der Waals surface area contributed by atoms with E-state index in [9.17, 15) is 103 Å². The molecule has 0 saturated carbocycles. The van der Waals surface area contributed by atoms with Crippen molar-refractivity contribution in [1.29, 1.82) is 0 Å². The molecule has 0 aliphatic carbocycles. The number of nitrogens with one attached hydrogen (secondary N) is 3. The minimum atomic E-state index is -5.57. The molecular weight excluding hydrogens is 1240 g/mol. The standard InChI is InChI=1S/C43H83N3O35P4/c1-23(51)44-32-38(57)35(54)29(18-48)76-41(32)69-14-9-26(17-47)79-84(64,65)74-22-28(11-16-71-43-34(46-25(3)53)40(59)37(56)31(20-50)78-43)81-85(66,67)75-21-27(80-83(62,63)73-13-8-6-5-7-12-72-82(60,61)68-4)10-15-70-42-33(45-24(2)52)39(58)36(55)30(19-49)77-42/h26-43,47-50,54-59H,5-22H2,1-4H3,(H,44,51)(H,45,52)(H,46,53)(H,60,61)(H,62,63)(H,64,65)(H,66,67). The zero-order chi connectivity index (χ0) is 63.9. The number of unbranched alkanes of at least 4 members (excludes halogenated alkanes) is 3. The van der Waals surface area contributed by atoms with Crippen LogP contribution in [-0.2, 0) is 97.3 Å². The molecule has 0 aromatic carbocycles. The molecule has 22 atom stereocenters. The number of aliphatic hydroxyl groups excluding tert-OH is 10. The molecule has 3 amide bonds. The van der Waals surface area contributed by atoms with Crippen molar-refractivity contribution < 1.29 is 168 Å². The van der Waals surface area contributed by atoms with E-state index < -0.39 is 245 Å². The van der Waals surface area contributed by atoms with Crippen LogP contribution in [0.1, 0.15) is 65.7 Å². The van der Waals surface area contributed by atoms with Gasteiger partial charge in [-0.3, -0.25) is 50.6 Å². The smallest absolute Gasteiger partial charge is 0.394 e. The van der Waals surface area contributed by atoms with Crippen LogP contribution in [0.15, 0.2) is 0 Å². The first-order valence-electron chi connectivity index (χ1n) is 26.5. The molecule has 0 spiro atoms. The van der Waals surface area contributed by atoms with Crippen LogP contribution in [-0.4, -0.2) is 278 Å². The highest BCUT2D eigenvalue weighted by Crippen LogP contribution is 2.50. The quantitative estimate of drug-likeness (QED) is 0.0201. The van der Waals surface area contributed by atoms with Crippen LogP contribution < -0.4 is 16.0 Å². The number of carbonyl (C=O) groups excluding carboxylic acids is 3. The van der Waals surface area contributed by atoms with Crippen molar-refractivity contribution in [3.05, 3.63) is 0 Å². The number of hydrogen-bond acceptors (Lipinski definition) is 31. The van der Waals surface area contributed by atoms with E-state index in [2.05, 4.69) is 20.5 Å². The molecule has 3 saturated heterocycles. The van der Waals surface area contributed by atoms with E-state index in [0.717, 1.165) is 27.9 Å². The fourth-order valence-electron chi connectivity index (χ4n) is 8.28. The van der Waals surface area contributed by atoms with E-state index in [1.165, 1.54) is 0 Å². The van der Waals surface area contributed by atoms with Crippen molar-refractivity contribution in [2.75, 3.05) is 79.8 Å². The van der Waals surface area contributed by atoms with Crippen LogP contribution in [0.4, 0.5) is 0 Å². The number of rotatable bonds is 41. The molecule has 3 aliphatic heterocycles. The lowest BCUT2D eigenvalue weighted by Gasteiger charge is -2.42. The molecule has 3 aliphatic rings. The number of amides is 3. The summed E-state index contributed by atoms with van der Waals surface area (Å²) < 4.78 is 125. The van der Waals surface area contributed by atoms with Crippen molar-refractivity contribution in [3.8, 4) is 0 Å². The van der Waals surface area contributed by atoms with Gasteiger partial charge in [0.2, 0.25) is 17.7 Å². The van der Waals surface area contributed by atoms with Gasteiger partial charge < -0.3 is 115 Å². The zero-order valence-corrected chi connectivity index (χ0v) is 50.3. The lowest BCUT2D eigenvalue weighted by Crippen LogP contribution is -2.64. The first-order chi connectivity index (χ1) is 39.8. The Hall–Kier alpha value is -1.79. The minimum absolute atomic E-state index is 0.129. The van der Waals surface area contributed by atoms with Gasteiger partial charge in [-0.1, -0.05) is 12.8 Å². The summed E-state index contributed by atoms with van der Waals surface area (Å²) in [5.41, 5.74) is 0. The average Bonchev–Trinajstić information content (AvgIpc) is 2.44. The van der Waals surface area contributed by atoms with Crippen molar-refractivity contribution in [3.63, 3.8) is 0 Å². The molecule has 17 N–H and O–H groups in total. The Kier molecular flexibility index (Phi) is 34.2. The molecular formula is C43H83N3O35P4. The molecule has 3 fully saturated rings. The maximum Gasteiger partial charge on any atom is 0.472 e. The van der Waals surface area contributed by atoms with Gasteiger partial charge in [0.25, 0.3) is 0 Å². The first-order valence-corrected chi connectivity index (χ1v) is 32.4. The molecule has 38 nitrogen and oxygen atoms in total. The lowest BCUT2D eigenvalue weighted by atomic mass is 9.97. The van der Waals surface area contributed by atoms with E-state index in [1.54, 1.807) is 0 Å². The number of ether oxygens (including phenoxy) is 6. The van der Waals surface area contributed by atoms with E-state index in [1.807, 2.05) is 0 Å². The van der Waals surface area contributed by atoms with Gasteiger partial charge in [0.15, 0.2) is 18.9 Å². The van der Waals surface area contributed by atoms with Crippen LogP contribution in [0.2, 0.25) is 0 Å². The van der Waals surface area contributed by atoms with Gasteiger partial charge in [-0.25, -0.2) is 18.3 Å². The summed E-state index contributed by atoms with van der Waals surface area (Å²) in [7, 11) is -19.3. The molecule has 3 heterocycles. The monoisotopic (exact) mass is 1330 g/mol. The predicted molar refractivity (Wildman–Crippen MR) is 278 cm³/mol. The highest BCUT2D eigenvalue weighted by molar-refractivity contribution is 7.48. The summed E-state index contributed by atoms with van der Waals surface area (Å²) in [6, 6.07) is -4.32. The fraction of sp³-hybridized carbons (Fsp3) is 0.930. The van der Waals surface area contributed by atoms with Gasteiger partial charge >= 0.3 is 31.3 Å². The maximum atomic E-state index is 13.8. The third kappa shape index (κ3) is 27.3. The molecule has 0 bridgehead atoms. The summed E-state index contributed by atoms with van der Waals surface area (Å²) >= 11 is 0. The van der Waals surface area contributed by atoms with E-state index in [4.69, 9.17) is 60.1 Å². The number of phosphoric acid groups is 4. The van der Waals surface area contributed by atoms with Crippen LogP contribution in [0.25, 0.3) is 0 Å². The molecule has 22 unspecified atom stereocenters. The van der Waals surface area contributed by atoms with E-state index >= 15 is 0 Å². The van der Waals surface area contributed by atoms with Gasteiger partial charge in [0.1, 0.15) is 73.1 Å². The van der Waals surface area contributed by atoms with Crippen molar-refractivity contribution in [1.82, 2.24) is 16.0 Å². The Morgan fingerprint density at radius 3 is 1.02 bits per heavy atom. The van der Waals surface area contributed by atoms with Crippen LogP contribution in [0.3, 0.4) is 0 Å². The first kappa shape index (κ1) is 77.5. The summed E-state index contributed by atoms with van der Waals surface area (Å²) in [5, 5.41) is 109. The number of carbonyl (C=O) groups is 3.